The maximum atomic E-state index is 12.6. The lowest BCUT2D eigenvalue weighted by Crippen LogP contribution is -2.21. The quantitative estimate of drug-likeness (QED) is 0.324. The van der Waals surface area contributed by atoms with Gasteiger partial charge < -0.3 is 24.9 Å². The monoisotopic (exact) mass is 469 g/mol. The van der Waals surface area contributed by atoms with Crippen molar-refractivity contribution in [1.82, 2.24) is 9.78 Å². The van der Waals surface area contributed by atoms with Crippen molar-refractivity contribution >= 4 is 45.7 Å². The van der Waals surface area contributed by atoms with E-state index in [0.717, 1.165) is 16.0 Å². The first-order chi connectivity index (χ1) is 15.0. The van der Waals surface area contributed by atoms with Crippen LogP contribution in [-0.2, 0) is 20.8 Å². The van der Waals surface area contributed by atoms with Gasteiger partial charge in [-0.3, -0.25) is 14.9 Å². The van der Waals surface area contributed by atoms with Crippen molar-refractivity contribution in [3.63, 3.8) is 0 Å². The predicted octanol–water partition coefficient (Wildman–Crippen LogP) is 2.37. The minimum atomic E-state index is -1.02. The van der Waals surface area contributed by atoms with Crippen molar-refractivity contribution in [3.05, 3.63) is 41.9 Å². The molecule has 14 nitrogen and oxygen atoms in total. The number of amides is 1. The summed E-state index contributed by atoms with van der Waals surface area (Å²) in [5, 5.41) is 28.1. The third-order valence-corrected chi connectivity index (χ3v) is 5.33. The molecule has 0 spiro atoms. The molecule has 2 aromatic heterocycles. The van der Waals surface area contributed by atoms with E-state index in [1.165, 1.54) is 13.8 Å². The molecule has 1 N–H and O–H groups in total. The highest BCUT2D eigenvalue weighted by molar-refractivity contribution is 7.18. The Balaban J connectivity index is 2.39. The van der Waals surface area contributed by atoms with Gasteiger partial charge in [0.1, 0.15) is 22.1 Å². The highest BCUT2D eigenvalue weighted by Crippen LogP contribution is 2.35. The SMILES string of the molecule is CCOC(=O)c1sc(NC(=O)Cn2nc([N+](=O)[O-])c([N+](=O)[O-])c2C)c(C(=O)OCC)c1C. The number of esters is 2. The number of nitrogens with zero attached hydrogens (tertiary/aromatic N) is 4. The molecule has 2 heterocycles. The number of ether oxygens (including phenoxy) is 2. The van der Waals surface area contributed by atoms with Crippen molar-refractivity contribution in [3.8, 4) is 0 Å². The lowest BCUT2D eigenvalue weighted by Gasteiger charge is -2.06. The van der Waals surface area contributed by atoms with E-state index in [1.807, 2.05) is 0 Å². The van der Waals surface area contributed by atoms with E-state index in [4.69, 9.17) is 9.47 Å². The summed E-state index contributed by atoms with van der Waals surface area (Å²) in [6.07, 6.45) is 0. The molecule has 172 valence electrons. The molecule has 0 aliphatic heterocycles. The first-order valence-electron chi connectivity index (χ1n) is 9.16. The van der Waals surface area contributed by atoms with E-state index in [9.17, 15) is 34.6 Å². The molecule has 0 unspecified atom stereocenters. The molecule has 0 atom stereocenters. The Kier molecular flexibility index (Phi) is 7.58. The number of carbonyl (C=O) groups is 3. The Hall–Kier alpha value is -3.88. The Labute approximate surface area is 184 Å². The maximum absolute atomic E-state index is 12.6. The van der Waals surface area contributed by atoms with Gasteiger partial charge in [0.2, 0.25) is 5.91 Å². The fraction of sp³-hybridized carbons (Fsp3) is 0.412. The van der Waals surface area contributed by atoms with Gasteiger partial charge in [-0.2, -0.15) is 4.68 Å². The zero-order valence-electron chi connectivity index (χ0n) is 17.5. The van der Waals surface area contributed by atoms with Crippen LogP contribution in [0.3, 0.4) is 0 Å². The molecule has 2 aromatic rings. The molecule has 1 amide bonds. The van der Waals surface area contributed by atoms with Crippen LogP contribution in [0.4, 0.5) is 16.5 Å². The lowest BCUT2D eigenvalue weighted by molar-refractivity contribution is -0.424. The number of nitrogens with one attached hydrogen (secondary N) is 1. The van der Waals surface area contributed by atoms with Crippen molar-refractivity contribution in [2.45, 2.75) is 34.2 Å². The molecule has 0 aliphatic carbocycles. The summed E-state index contributed by atoms with van der Waals surface area (Å²) in [4.78, 5) is 57.4. The molecule has 0 fully saturated rings. The van der Waals surface area contributed by atoms with Crippen molar-refractivity contribution in [2.75, 3.05) is 18.5 Å². The summed E-state index contributed by atoms with van der Waals surface area (Å²) in [6.45, 7) is 5.44. The van der Waals surface area contributed by atoms with E-state index in [2.05, 4.69) is 10.4 Å². The first-order valence-corrected chi connectivity index (χ1v) is 9.98. The number of hydrogen-bond donors (Lipinski definition) is 1. The largest absolute Gasteiger partial charge is 0.468 e. The normalized spacial score (nSPS) is 10.5. The van der Waals surface area contributed by atoms with E-state index < -0.39 is 45.7 Å². The molecule has 0 saturated carbocycles. The van der Waals surface area contributed by atoms with E-state index in [1.54, 1.807) is 13.8 Å². The van der Waals surface area contributed by atoms with E-state index in [-0.39, 0.29) is 39.9 Å². The van der Waals surface area contributed by atoms with Gasteiger partial charge in [0.15, 0.2) is 0 Å². The smallest absolute Gasteiger partial charge is 0.462 e. The molecule has 32 heavy (non-hydrogen) atoms. The van der Waals surface area contributed by atoms with Crippen LogP contribution < -0.4 is 5.32 Å². The molecule has 15 heteroatoms. The Bertz CT molecular complexity index is 1100. The lowest BCUT2D eigenvalue weighted by atomic mass is 10.1. The summed E-state index contributed by atoms with van der Waals surface area (Å²) in [5.74, 6) is -3.24. The van der Waals surface area contributed by atoms with Gasteiger partial charge in [0, 0.05) is 0 Å². The number of thiophene rings is 1. The van der Waals surface area contributed by atoms with Gasteiger partial charge >= 0.3 is 23.4 Å². The van der Waals surface area contributed by atoms with Crippen LogP contribution in [0.1, 0.15) is 45.1 Å². The second-order valence-corrected chi connectivity index (χ2v) is 7.20. The van der Waals surface area contributed by atoms with Crippen molar-refractivity contribution in [2.24, 2.45) is 0 Å². The molecule has 0 aliphatic rings. The molecule has 0 aromatic carbocycles. The van der Waals surface area contributed by atoms with Crippen LogP contribution >= 0.6 is 11.3 Å². The number of nitro groups is 2. The van der Waals surface area contributed by atoms with Crippen LogP contribution in [0.15, 0.2) is 0 Å². The second-order valence-electron chi connectivity index (χ2n) is 6.18. The third-order valence-electron chi connectivity index (χ3n) is 4.15. The highest BCUT2D eigenvalue weighted by atomic mass is 32.1. The summed E-state index contributed by atoms with van der Waals surface area (Å²) >= 11 is 0.796. The van der Waals surface area contributed by atoms with Gasteiger partial charge in [0.25, 0.3) is 0 Å². The Morgan fingerprint density at radius 2 is 1.66 bits per heavy atom. The molecule has 2 rings (SSSR count). The van der Waals surface area contributed by atoms with Crippen LogP contribution in [0.25, 0.3) is 0 Å². The first kappa shape index (κ1) is 24.4. The maximum Gasteiger partial charge on any atom is 0.468 e. The third kappa shape index (κ3) is 4.88. The zero-order valence-corrected chi connectivity index (χ0v) is 18.3. The minimum Gasteiger partial charge on any atom is -0.462 e. The summed E-state index contributed by atoms with van der Waals surface area (Å²) < 4.78 is 10.8. The van der Waals surface area contributed by atoms with Crippen LogP contribution in [-0.4, -0.2) is 50.7 Å². The predicted molar refractivity (Wildman–Crippen MR) is 110 cm³/mol. The summed E-state index contributed by atoms with van der Waals surface area (Å²) in [5.41, 5.74) is -0.810. The average Bonchev–Trinajstić information content (AvgIpc) is 3.19. The van der Waals surface area contributed by atoms with Crippen molar-refractivity contribution < 1.29 is 33.7 Å². The number of carbonyl (C=O) groups excluding carboxylic acids is 3. The molecule has 0 radical (unpaired) electrons. The van der Waals surface area contributed by atoms with Crippen LogP contribution in [0.2, 0.25) is 0 Å². The molecular formula is C17H19N5O9S. The summed E-state index contributed by atoms with van der Waals surface area (Å²) in [7, 11) is 0. The van der Waals surface area contributed by atoms with Crippen molar-refractivity contribution in [1.29, 1.82) is 0 Å². The van der Waals surface area contributed by atoms with Crippen LogP contribution in [0, 0.1) is 34.1 Å². The van der Waals surface area contributed by atoms with Gasteiger partial charge in [-0.05, 0) is 38.2 Å². The van der Waals surface area contributed by atoms with Gasteiger partial charge in [-0.15, -0.1) is 11.3 Å². The van der Waals surface area contributed by atoms with Crippen LogP contribution in [0.5, 0.6) is 0 Å². The topological polar surface area (TPSA) is 186 Å². The van der Waals surface area contributed by atoms with Gasteiger partial charge in [-0.25, -0.2) is 9.59 Å². The van der Waals surface area contributed by atoms with E-state index in [0.29, 0.717) is 0 Å². The summed E-state index contributed by atoms with van der Waals surface area (Å²) in [6, 6.07) is 0. The zero-order chi connectivity index (χ0) is 24.2. The number of rotatable bonds is 9. The van der Waals surface area contributed by atoms with Gasteiger partial charge in [-0.1, -0.05) is 0 Å². The standard InChI is InChI=1S/C17H19N5O9S/c1-5-30-16(24)11-8(3)13(17(25)31-6-2)32-15(11)18-10(23)7-20-9(4)12(21(26)27)14(19-20)22(28)29/h5-7H2,1-4H3,(H,18,23). The molecule has 0 saturated heterocycles. The fourth-order valence-corrected chi connectivity index (χ4v) is 3.86. The number of aromatic nitrogens is 2. The average molecular weight is 469 g/mol. The van der Waals surface area contributed by atoms with E-state index >= 15 is 0 Å². The Morgan fingerprint density at radius 1 is 1.06 bits per heavy atom. The fourth-order valence-electron chi connectivity index (χ4n) is 2.76. The minimum absolute atomic E-state index is 0.00260. The van der Waals surface area contributed by atoms with Gasteiger partial charge in [0.05, 0.1) is 28.8 Å². The molecular weight excluding hydrogens is 450 g/mol. The molecule has 0 bridgehead atoms. The number of hydrogen-bond acceptors (Lipinski definition) is 11. The number of anilines is 1. The second kappa shape index (κ2) is 9.95. The Morgan fingerprint density at radius 3 is 2.16 bits per heavy atom. The highest BCUT2D eigenvalue weighted by Gasteiger charge is 2.36.